The number of hydrogen-bond acceptors (Lipinski definition) is 2. The van der Waals surface area contributed by atoms with Crippen LogP contribution in [0.25, 0.3) is 0 Å². The minimum Gasteiger partial charge on any atom is -0.353 e. The van der Waals surface area contributed by atoms with Crippen molar-refractivity contribution in [2.75, 3.05) is 6.61 Å². The summed E-state index contributed by atoms with van der Waals surface area (Å²) < 4.78 is 10.1. The van der Waals surface area contributed by atoms with Gasteiger partial charge in [-0.05, 0) is 20.8 Å². The lowest BCUT2D eigenvalue weighted by atomic mass is 10.7. The van der Waals surface area contributed by atoms with Crippen molar-refractivity contribution in [3.05, 3.63) is 0 Å². The summed E-state index contributed by atoms with van der Waals surface area (Å²) in [5.74, 6) is 0. The number of hydrogen-bond donors (Lipinski definition) is 0. The van der Waals surface area contributed by atoms with E-state index in [1.807, 2.05) is 20.8 Å². The van der Waals surface area contributed by atoms with Crippen molar-refractivity contribution >= 4 is 12.6 Å². The zero-order valence-electron chi connectivity index (χ0n) is 6.09. The highest BCUT2D eigenvalue weighted by Crippen LogP contribution is 2.01. The standard InChI is InChI=1S/C6H13O2S/c1-4-7-5(2)8-6(3)9/h5-6H,4H2,1-3H3. The molecule has 0 fully saturated rings. The maximum atomic E-state index is 5.08. The molecule has 0 saturated carbocycles. The van der Waals surface area contributed by atoms with Crippen LogP contribution >= 0.6 is 12.6 Å². The normalized spacial score (nSPS) is 17.3. The first-order valence-electron chi connectivity index (χ1n) is 3.09. The fourth-order valence-corrected chi connectivity index (χ4v) is 0.700. The van der Waals surface area contributed by atoms with Crippen molar-refractivity contribution in [2.24, 2.45) is 0 Å². The summed E-state index contributed by atoms with van der Waals surface area (Å²) in [6.07, 6.45) is -0.164. The Kier molecular flexibility index (Phi) is 5.24. The molecule has 0 spiro atoms. The number of ether oxygens (including phenoxy) is 2. The summed E-state index contributed by atoms with van der Waals surface area (Å²) in [4.78, 5) is 0. The van der Waals surface area contributed by atoms with Crippen LogP contribution in [-0.2, 0) is 9.47 Å². The Labute approximate surface area is 61.9 Å². The summed E-state index contributed by atoms with van der Waals surface area (Å²) in [6.45, 7) is 6.24. The lowest BCUT2D eigenvalue weighted by molar-refractivity contribution is -0.131. The molecule has 2 atom stereocenters. The minimum atomic E-state index is -0.164. The first kappa shape index (κ1) is 9.27. The molecule has 9 heavy (non-hydrogen) atoms. The van der Waals surface area contributed by atoms with Crippen molar-refractivity contribution in [3.63, 3.8) is 0 Å². The van der Waals surface area contributed by atoms with E-state index in [1.54, 1.807) is 0 Å². The lowest BCUT2D eigenvalue weighted by Crippen LogP contribution is -2.15. The van der Waals surface area contributed by atoms with Gasteiger partial charge >= 0.3 is 0 Å². The Morgan fingerprint density at radius 3 is 2.33 bits per heavy atom. The zero-order chi connectivity index (χ0) is 7.28. The monoisotopic (exact) mass is 149 g/mol. The lowest BCUT2D eigenvalue weighted by Gasteiger charge is -2.13. The van der Waals surface area contributed by atoms with E-state index in [9.17, 15) is 0 Å². The molecule has 0 amide bonds. The molecule has 2 unspecified atom stereocenters. The molecule has 0 N–H and O–H groups in total. The molecule has 0 aromatic carbocycles. The maximum absolute atomic E-state index is 5.08. The third kappa shape index (κ3) is 6.15. The molecule has 0 aromatic rings. The molecular weight excluding hydrogens is 136 g/mol. The maximum Gasteiger partial charge on any atom is 0.156 e. The van der Waals surface area contributed by atoms with Gasteiger partial charge in [-0.25, -0.2) is 0 Å². The molecule has 0 rings (SSSR count). The first-order valence-corrected chi connectivity index (χ1v) is 3.56. The average Bonchev–Trinajstić information content (AvgIpc) is 1.63. The van der Waals surface area contributed by atoms with Gasteiger partial charge in [-0.3, -0.25) is 0 Å². The SMILES string of the molecule is CCOC(C)OC(C)[S]. The molecular formula is C6H13O2S. The van der Waals surface area contributed by atoms with Crippen molar-refractivity contribution in [1.82, 2.24) is 0 Å². The predicted octanol–water partition coefficient (Wildman–Crippen LogP) is 1.93. The third-order valence-electron chi connectivity index (χ3n) is 0.785. The van der Waals surface area contributed by atoms with Gasteiger partial charge < -0.3 is 9.47 Å². The highest BCUT2D eigenvalue weighted by molar-refractivity contribution is 7.80. The molecule has 55 valence electrons. The molecule has 0 heterocycles. The van der Waals surface area contributed by atoms with Crippen LogP contribution in [0.15, 0.2) is 0 Å². The fraction of sp³-hybridized carbons (Fsp3) is 1.00. The Balaban J connectivity index is 3.15. The van der Waals surface area contributed by atoms with E-state index in [-0.39, 0.29) is 11.7 Å². The van der Waals surface area contributed by atoms with Crippen LogP contribution in [0.2, 0.25) is 0 Å². The predicted molar refractivity (Wildman–Crippen MR) is 39.2 cm³/mol. The van der Waals surface area contributed by atoms with Crippen LogP contribution < -0.4 is 0 Å². The van der Waals surface area contributed by atoms with Crippen molar-refractivity contribution in [1.29, 1.82) is 0 Å². The Hall–Kier alpha value is 0.270. The molecule has 0 aromatic heterocycles. The van der Waals surface area contributed by atoms with Crippen LogP contribution in [0, 0.1) is 0 Å². The molecule has 3 heteroatoms. The molecule has 0 saturated heterocycles. The van der Waals surface area contributed by atoms with Gasteiger partial charge in [0.1, 0.15) is 5.44 Å². The van der Waals surface area contributed by atoms with E-state index in [0.717, 1.165) is 0 Å². The zero-order valence-corrected chi connectivity index (χ0v) is 6.90. The average molecular weight is 149 g/mol. The van der Waals surface area contributed by atoms with Crippen molar-refractivity contribution in [2.45, 2.75) is 32.5 Å². The third-order valence-corrected chi connectivity index (χ3v) is 0.896. The Morgan fingerprint density at radius 2 is 2.00 bits per heavy atom. The van der Waals surface area contributed by atoms with Gasteiger partial charge in [0.05, 0.1) is 0 Å². The van der Waals surface area contributed by atoms with Gasteiger partial charge in [0.2, 0.25) is 0 Å². The van der Waals surface area contributed by atoms with Crippen molar-refractivity contribution in [3.8, 4) is 0 Å². The number of rotatable bonds is 4. The molecule has 0 aliphatic carbocycles. The highest BCUT2D eigenvalue weighted by atomic mass is 32.1. The van der Waals surface area contributed by atoms with E-state index in [2.05, 4.69) is 0 Å². The molecule has 2 nitrogen and oxygen atoms in total. The van der Waals surface area contributed by atoms with E-state index in [0.29, 0.717) is 6.61 Å². The van der Waals surface area contributed by atoms with Crippen molar-refractivity contribution < 1.29 is 9.47 Å². The van der Waals surface area contributed by atoms with Crippen LogP contribution in [0.3, 0.4) is 0 Å². The van der Waals surface area contributed by atoms with Gasteiger partial charge in [-0.15, -0.1) is 0 Å². The molecule has 0 aliphatic heterocycles. The van der Waals surface area contributed by atoms with Gasteiger partial charge in [-0.1, -0.05) is 12.6 Å². The molecule has 0 bridgehead atoms. The smallest absolute Gasteiger partial charge is 0.156 e. The van der Waals surface area contributed by atoms with Gasteiger partial charge in [0.15, 0.2) is 6.29 Å². The first-order chi connectivity index (χ1) is 4.16. The topological polar surface area (TPSA) is 18.5 Å². The highest BCUT2D eigenvalue weighted by Gasteiger charge is 2.02. The molecule has 1 radical (unpaired) electrons. The molecule has 0 aliphatic rings. The van der Waals surface area contributed by atoms with Crippen LogP contribution in [-0.4, -0.2) is 18.3 Å². The van der Waals surface area contributed by atoms with Gasteiger partial charge in [-0.2, -0.15) is 0 Å². The van der Waals surface area contributed by atoms with Gasteiger partial charge in [0.25, 0.3) is 0 Å². The van der Waals surface area contributed by atoms with E-state index >= 15 is 0 Å². The van der Waals surface area contributed by atoms with E-state index in [1.165, 1.54) is 0 Å². The van der Waals surface area contributed by atoms with E-state index in [4.69, 9.17) is 22.1 Å². The minimum absolute atomic E-state index is 0.161. The summed E-state index contributed by atoms with van der Waals surface area (Å²) in [6, 6.07) is 0. The van der Waals surface area contributed by atoms with Crippen LogP contribution in [0.4, 0.5) is 0 Å². The summed E-state index contributed by atoms with van der Waals surface area (Å²) in [5, 5.41) is 0. The Bertz CT molecular complexity index is 66.1. The van der Waals surface area contributed by atoms with Crippen LogP contribution in [0.5, 0.6) is 0 Å². The Morgan fingerprint density at radius 1 is 1.44 bits per heavy atom. The quantitative estimate of drug-likeness (QED) is 0.569. The second-order valence-corrected chi connectivity index (χ2v) is 2.39. The van der Waals surface area contributed by atoms with E-state index < -0.39 is 0 Å². The second-order valence-electron chi connectivity index (χ2n) is 1.73. The summed E-state index contributed by atoms with van der Waals surface area (Å²) in [7, 11) is 0. The second kappa shape index (κ2) is 5.09. The van der Waals surface area contributed by atoms with Crippen LogP contribution in [0.1, 0.15) is 20.8 Å². The largest absolute Gasteiger partial charge is 0.353 e. The van der Waals surface area contributed by atoms with Gasteiger partial charge in [0, 0.05) is 6.61 Å². The summed E-state index contributed by atoms with van der Waals surface area (Å²) >= 11 is 4.77. The fourth-order valence-electron chi connectivity index (χ4n) is 0.544. The summed E-state index contributed by atoms with van der Waals surface area (Å²) in [5.41, 5.74) is -0.161.